The monoisotopic (exact) mass is 535 g/mol. The molecule has 3 aliphatic rings. The van der Waals surface area contributed by atoms with Gasteiger partial charge in [-0.25, -0.2) is 9.78 Å². The van der Waals surface area contributed by atoms with Gasteiger partial charge in [0, 0.05) is 38.8 Å². The number of piperazine rings is 1. The van der Waals surface area contributed by atoms with Crippen LogP contribution in [0.25, 0.3) is 21.7 Å². The zero-order chi connectivity index (χ0) is 26.7. The van der Waals surface area contributed by atoms with Gasteiger partial charge in [0.15, 0.2) is 16.8 Å². The molecule has 2 unspecified atom stereocenters. The summed E-state index contributed by atoms with van der Waals surface area (Å²) >= 11 is 1.36. The van der Waals surface area contributed by atoms with Gasteiger partial charge in [-0.3, -0.25) is 9.69 Å². The van der Waals surface area contributed by atoms with Crippen molar-refractivity contribution in [2.24, 2.45) is 0 Å². The molecule has 0 N–H and O–H groups in total. The third-order valence-electron chi connectivity index (χ3n) is 6.12. The molecule has 3 aliphatic heterocycles. The maximum Gasteiger partial charge on any atom is 0.482 e. The molecule has 10 nitrogen and oxygen atoms in total. The van der Waals surface area contributed by atoms with E-state index in [0.29, 0.717) is 23.7 Å². The van der Waals surface area contributed by atoms with Crippen molar-refractivity contribution in [1.29, 1.82) is 0 Å². The predicted octanol–water partition coefficient (Wildman–Crippen LogP) is 4.21. The lowest BCUT2D eigenvalue weighted by molar-refractivity contribution is -0.200. The summed E-state index contributed by atoms with van der Waals surface area (Å²) in [4.78, 5) is 37.7. The van der Waals surface area contributed by atoms with Gasteiger partial charge in [-0.1, -0.05) is 0 Å². The standard InChI is InChI=1S/C24H27F2N5O5S/c1-23(2,3)36-22(33)31-13-10-14(31)12-30(11-13)21-28-17-16(35-24(25,26)20(32)29(4)5)7-6-15(18(17)34-21)19-27-8-9-37-19/h6-9,13-14H,10-12H2,1-5H3. The van der Waals surface area contributed by atoms with Crippen molar-refractivity contribution in [3.05, 3.63) is 23.7 Å². The molecular formula is C24H27F2N5O5S. The minimum Gasteiger partial charge on any atom is -0.444 e. The van der Waals surface area contributed by atoms with Crippen LogP contribution >= 0.6 is 11.3 Å². The molecule has 1 aromatic carbocycles. The van der Waals surface area contributed by atoms with Crippen molar-refractivity contribution in [1.82, 2.24) is 19.8 Å². The highest BCUT2D eigenvalue weighted by Gasteiger charge is 2.50. The quantitative estimate of drug-likeness (QED) is 0.479. The highest BCUT2D eigenvalue weighted by molar-refractivity contribution is 7.13. The van der Waals surface area contributed by atoms with Gasteiger partial charge in [0.1, 0.15) is 10.6 Å². The molecule has 2 amide bonds. The number of benzene rings is 1. The van der Waals surface area contributed by atoms with Crippen LogP contribution in [0.1, 0.15) is 27.2 Å². The summed E-state index contributed by atoms with van der Waals surface area (Å²) in [6, 6.07) is 2.93. The van der Waals surface area contributed by atoms with Crippen LogP contribution in [-0.4, -0.2) is 82.7 Å². The van der Waals surface area contributed by atoms with E-state index >= 15 is 0 Å². The lowest BCUT2D eigenvalue weighted by Crippen LogP contribution is -2.70. The third kappa shape index (κ3) is 4.67. The third-order valence-corrected chi connectivity index (χ3v) is 6.93. The Bertz CT molecular complexity index is 1330. The first-order chi connectivity index (χ1) is 17.3. The summed E-state index contributed by atoms with van der Waals surface area (Å²) in [6.45, 7) is 6.35. The number of likely N-dealkylation sites (N-methyl/N-ethyl adjacent to an activating group) is 1. The fourth-order valence-electron chi connectivity index (χ4n) is 4.54. The number of rotatable bonds is 5. The lowest BCUT2D eigenvalue weighted by atomic mass is 9.88. The average molecular weight is 536 g/mol. The Hall–Kier alpha value is -3.48. The van der Waals surface area contributed by atoms with Crippen LogP contribution in [0.4, 0.5) is 19.6 Å². The number of halogens is 2. The second-order valence-electron chi connectivity index (χ2n) is 10.3. The van der Waals surface area contributed by atoms with Gasteiger partial charge >= 0.3 is 18.1 Å². The first-order valence-electron chi connectivity index (χ1n) is 11.7. The van der Waals surface area contributed by atoms with Crippen LogP contribution in [-0.2, 0) is 9.53 Å². The van der Waals surface area contributed by atoms with Crippen molar-refractivity contribution >= 4 is 40.5 Å². The number of fused-ring (bicyclic) bond motifs is 3. The summed E-state index contributed by atoms with van der Waals surface area (Å²) in [6.07, 6.45) is -2.01. The number of oxazole rings is 1. The number of ether oxygens (including phenoxy) is 2. The number of carbonyl (C=O) groups excluding carboxylic acids is 2. The fraction of sp³-hybridized carbons (Fsp3) is 0.500. The van der Waals surface area contributed by atoms with Crippen LogP contribution in [0.2, 0.25) is 0 Å². The number of anilines is 1. The van der Waals surface area contributed by atoms with Crippen molar-refractivity contribution in [3.63, 3.8) is 0 Å². The van der Waals surface area contributed by atoms with E-state index in [9.17, 15) is 18.4 Å². The van der Waals surface area contributed by atoms with Gasteiger partial charge in [-0.15, -0.1) is 11.3 Å². The van der Waals surface area contributed by atoms with E-state index in [4.69, 9.17) is 13.9 Å². The normalized spacial score (nSPS) is 19.5. The fourth-order valence-corrected chi connectivity index (χ4v) is 5.20. The highest BCUT2D eigenvalue weighted by Crippen LogP contribution is 2.41. The number of alkyl halides is 2. The first-order valence-corrected chi connectivity index (χ1v) is 12.6. The molecule has 5 heterocycles. The van der Waals surface area contributed by atoms with Gasteiger partial charge in [0.2, 0.25) is 0 Å². The Morgan fingerprint density at radius 3 is 2.49 bits per heavy atom. The molecule has 0 spiro atoms. The highest BCUT2D eigenvalue weighted by atomic mass is 32.1. The van der Waals surface area contributed by atoms with E-state index in [1.165, 1.54) is 31.5 Å². The number of nitrogens with zero attached hydrogens (tertiary/aromatic N) is 5. The Balaban J connectivity index is 1.46. The number of hydrogen-bond acceptors (Lipinski definition) is 9. The van der Waals surface area contributed by atoms with E-state index < -0.39 is 17.6 Å². The van der Waals surface area contributed by atoms with Crippen LogP contribution in [0.15, 0.2) is 28.1 Å². The van der Waals surface area contributed by atoms with Gasteiger partial charge in [-0.05, 0) is 39.3 Å². The number of aromatic nitrogens is 2. The summed E-state index contributed by atoms with van der Waals surface area (Å²) < 4.78 is 45.6. The number of piperidine rings is 1. The molecule has 2 aromatic heterocycles. The summed E-state index contributed by atoms with van der Waals surface area (Å²) in [5.41, 5.74) is 0.242. The Labute approximate surface area is 215 Å². The predicted molar refractivity (Wildman–Crippen MR) is 132 cm³/mol. The van der Waals surface area contributed by atoms with Crippen molar-refractivity contribution < 1.29 is 32.3 Å². The maximum absolute atomic E-state index is 14.6. The Morgan fingerprint density at radius 2 is 1.89 bits per heavy atom. The average Bonchev–Trinajstić information content (AvgIpc) is 3.48. The summed E-state index contributed by atoms with van der Waals surface area (Å²) in [5.74, 6) is -1.78. The minimum absolute atomic E-state index is 0.0529. The van der Waals surface area contributed by atoms with E-state index in [-0.39, 0.29) is 41.0 Å². The van der Waals surface area contributed by atoms with Gasteiger partial charge in [0.25, 0.3) is 6.01 Å². The number of amides is 2. The number of hydrogen-bond donors (Lipinski definition) is 0. The van der Waals surface area contributed by atoms with Crippen molar-refractivity contribution in [2.75, 3.05) is 32.1 Å². The molecule has 37 heavy (non-hydrogen) atoms. The van der Waals surface area contributed by atoms with Gasteiger partial charge < -0.3 is 23.7 Å². The molecule has 0 aliphatic carbocycles. The summed E-state index contributed by atoms with van der Waals surface area (Å²) in [5, 5.41) is 2.41. The molecule has 2 bridgehead atoms. The topological polar surface area (TPSA) is 101 Å². The van der Waals surface area contributed by atoms with Crippen LogP contribution in [0, 0.1) is 0 Å². The molecule has 2 atom stereocenters. The van der Waals surface area contributed by atoms with Crippen molar-refractivity contribution in [2.45, 2.75) is 51.0 Å². The van der Waals surface area contributed by atoms with E-state index in [0.717, 1.165) is 11.3 Å². The smallest absolute Gasteiger partial charge is 0.444 e. The lowest BCUT2D eigenvalue weighted by Gasteiger charge is -2.55. The molecule has 6 rings (SSSR count). The number of thiazole rings is 1. The number of carbonyl (C=O) groups is 2. The van der Waals surface area contributed by atoms with Crippen LogP contribution < -0.4 is 9.64 Å². The second kappa shape index (κ2) is 8.82. The molecule has 3 saturated heterocycles. The SMILES string of the molecule is CN(C)C(=O)C(F)(F)Oc1ccc(-c2nccs2)c2oc(N3CC4CC(C3)N4C(=O)OC(C)(C)C)nc12. The van der Waals surface area contributed by atoms with E-state index in [1.807, 2.05) is 25.7 Å². The molecule has 0 saturated carbocycles. The first kappa shape index (κ1) is 25.2. The van der Waals surface area contributed by atoms with Crippen LogP contribution in [0.5, 0.6) is 5.75 Å². The summed E-state index contributed by atoms with van der Waals surface area (Å²) in [7, 11) is 2.44. The Morgan fingerprint density at radius 1 is 1.19 bits per heavy atom. The largest absolute Gasteiger partial charge is 0.482 e. The zero-order valence-electron chi connectivity index (χ0n) is 21.0. The van der Waals surface area contributed by atoms with Crippen molar-refractivity contribution in [3.8, 4) is 16.3 Å². The second-order valence-corrected chi connectivity index (χ2v) is 11.2. The Kier molecular flexibility index (Phi) is 6.00. The van der Waals surface area contributed by atoms with E-state index in [1.54, 1.807) is 22.5 Å². The van der Waals surface area contributed by atoms with Crippen LogP contribution in [0.3, 0.4) is 0 Å². The maximum atomic E-state index is 14.6. The molecule has 0 radical (unpaired) electrons. The van der Waals surface area contributed by atoms with Gasteiger partial charge in [-0.2, -0.15) is 13.8 Å². The molecule has 13 heteroatoms. The zero-order valence-corrected chi connectivity index (χ0v) is 21.8. The molecule has 198 valence electrons. The van der Waals surface area contributed by atoms with E-state index in [2.05, 4.69) is 9.97 Å². The van der Waals surface area contributed by atoms with Gasteiger partial charge in [0.05, 0.1) is 17.6 Å². The molecule has 3 aromatic rings. The molecule has 3 fully saturated rings. The minimum atomic E-state index is -4.10. The molecular weight excluding hydrogens is 508 g/mol.